The van der Waals surface area contributed by atoms with Gasteiger partial charge in [-0.15, -0.1) is 0 Å². The van der Waals surface area contributed by atoms with E-state index in [1.54, 1.807) is 62.7 Å². The molecule has 1 aliphatic heterocycles. The van der Waals surface area contributed by atoms with E-state index in [1.165, 1.54) is 0 Å². The Morgan fingerprint density at radius 1 is 1.15 bits per heavy atom. The molecule has 0 radical (unpaired) electrons. The van der Waals surface area contributed by atoms with E-state index in [2.05, 4.69) is 10.3 Å². The number of allylic oxidation sites excluding steroid dienone is 2. The number of hydrogen-bond donors (Lipinski definition) is 1. The second-order valence-corrected chi connectivity index (χ2v) is 7.96. The number of carbonyl (C=O) groups excluding carboxylic acids is 2. The van der Waals surface area contributed by atoms with Gasteiger partial charge in [-0.25, -0.2) is 9.59 Å². The lowest BCUT2D eigenvalue weighted by Crippen LogP contribution is -2.32. The predicted molar refractivity (Wildman–Crippen MR) is 128 cm³/mol. The summed E-state index contributed by atoms with van der Waals surface area (Å²) in [6.45, 7) is 3.48. The highest BCUT2D eigenvalue weighted by atomic mass is 35.5. The van der Waals surface area contributed by atoms with Crippen LogP contribution in [0.5, 0.6) is 0 Å². The Hall–Kier alpha value is -3.89. The summed E-state index contributed by atoms with van der Waals surface area (Å²) in [5.74, 6) is -1.93. The fraction of sp³-hybridized carbons (Fsp3) is 0.231. The van der Waals surface area contributed by atoms with Crippen molar-refractivity contribution in [1.82, 2.24) is 10.3 Å². The molecule has 0 saturated carbocycles. The third-order valence-electron chi connectivity index (χ3n) is 5.13. The number of esters is 2. The molecule has 34 heavy (non-hydrogen) atoms. The van der Waals surface area contributed by atoms with E-state index in [0.29, 0.717) is 22.0 Å². The molecule has 1 aromatic heterocycles. The average Bonchev–Trinajstić information content (AvgIpc) is 2.82. The average molecular weight is 478 g/mol. The third-order valence-corrected chi connectivity index (χ3v) is 5.37. The first-order valence-corrected chi connectivity index (χ1v) is 11.0. The first-order chi connectivity index (χ1) is 16.4. The Balaban J connectivity index is 1.89. The molecule has 0 saturated heterocycles. The molecular weight excluding hydrogens is 454 g/mol. The number of nitrogens with zero attached hydrogens (tertiary/aromatic N) is 2. The summed E-state index contributed by atoms with van der Waals surface area (Å²) in [6, 6.07) is 12.6. The summed E-state index contributed by atoms with van der Waals surface area (Å²) >= 11 is 6.22. The lowest BCUT2D eigenvalue weighted by Gasteiger charge is -2.30. The normalized spacial score (nSPS) is 15.6. The molecule has 0 bridgehead atoms. The molecular formula is C26H24ClN3O4. The minimum atomic E-state index is -0.746. The molecule has 7 nitrogen and oxygen atoms in total. The quantitative estimate of drug-likeness (QED) is 0.435. The minimum Gasteiger partial charge on any atom is -0.461 e. The SMILES string of the molecule is CC1=C(C(=O)OC/C=C/c2cccnc2)C(c2cccc(Cl)c2)C(C(=O)OCCC#N)=C(C)N1. The molecule has 1 aromatic carbocycles. The van der Waals surface area contributed by atoms with Crippen molar-refractivity contribution in [2.24, 2.45) is 0 Å². The predicted octanol–water partition coefficient (Wildman–Crippen LogP) is 4.68. The Kier molecular flexibility index (Phi) is 8.60. The van der Waals surface area contributed by atoms with Gasteiger partial charge in [0.05, 0.1) is 29.6 Å². The van der Waals surface area contributed by atoms with Crippen molar-refractivity contribution in [1.29, 1.82) is 5.26 Å². The maximum atomic E-state index is 13.2. The van der Waals surface area contributed by atoms with E-state index in [0.717, 1.165) is 5.56 Å². The highest BCUT2D eigenvalue weighted by molar-refractivity contribution is 6.30. The van der Waals surface area contributed by atoms with Gasteiger partial charge in [0.1, 0.15) is 13.2 Å². The third kappa shape index (κ3) is 6.12. The van der Waals surface area contributed by atoms with Crippen molar-refractivity contribution in [3.05, 3.63) is 93.6 Å². The van der Waals surface area contributed by atoms with Crippen LogP contribution < -0.4 is 5.32 Å². The monoisotopic (exact) mass is 477 g/mol. The zero-order valence-corrected chi connectivity index (χ0v) is 19.6. The van der Waals surface area contributed by atoms with Gasteiger partial charge in [-0.05, 0) is 49.2 Å². The number of halogens is 1. The molecule has 0 amide bonds. The maximum Gasteiger partial charge on any atom is 0.337 e. The number of benzene rings is 1. The van der Waals surface area contributed by atoms with Crippen LogP contribution in [0, 0.1) is 11.3 Å². The maximum absolute atomic E-state index is 13.2. The second kappa shape index (κ2) is 11.8. The number of aromatic nitrogens is 1. The van der Waals surface area contributed by atoms with Gasteiger partial charge in [0.15, 0.2) is 0 Å². The summed E-state index contributed by atoms with van der Waals surface area (Å²) in [7, 11) is 0. The van der Waals surface area contributed by atoms with Crippen LogP contribution in [0.4, 0.5) is 0 Å². The zero-order chi connectivity index (χ0) is 24.5. The number of ether oxygens (including phenoxy) is 2. The van der Waals surface area contributed by atoms with Crippen LogP contribution in [0.1, 0.15) is 37.3 Å². The molecule has 1 unspecified atom stereocenters. The fourth-order valence-corrected chi connectivity index (χ4v) is 3.88. The molecule has 0 fully saturated rings. The number of hydrogen-bond acceptors (Lipinski definition) is 7. The van der Waals surface area contributed by atoms with Crippen LogP contribution in [0.25, 0.3) is 6.08 Å². The topological polar surface area (TPSA) is 101 Å². The molecule has 1 aliphatic rings. The molecule has 1 N–H and O–H groups in total. The summed E-state index contributed by atoms with van der Waals surface area (Å²) < 4.78 is 10.8. The number of carbonyl (C=O) groups is 2. The minimum absolute atomic E-state index is 0.0391. The smallest absolute Gasteiger partial charge is 0.337 e. The van der Waals surface area contributed by atoms with E-state index in [9.17, 15) is 9.59 Å². The molecule has 0 aliphatic carbocycles. The van der Waals surface area contributed by atoms with Crippen LogP contribution in [-0.2, 0) is 19.1 Å². The lowest BCUT2D eigenvalue weighted by molar-refractivity contribution is -0.139. The van der Waals surface area contributed by atoms with Crippen LogP contribution >= 0.6 is 11.6 Å². The standard InChI is InChI=1S/C26H24ClN3O4/c1-17-22(25(31)33-13-5-8-19-7-4-12-29-16-19)24(20-9-3-10-21(27)15-20)23(18(2)30-17)26(32)34-14-6-11-28/h3-5,7-10,12,15-16,24,30H,6,13-14H2,1-2H3/b8-5+. The van der Waals surface area contributed by atoms with E-state index < -0.39 is 17.9 Å². The number of nitriles is 1. The van der Waals surface area contributed by atoms with Gasteiger partial charge in [0, 0.05) is 28.8 Å². The lowest BCUT2D eigenvalue weighted by atomic mass is 9.80. The number of dihydropyridines is 1. The molecule has 1 atom stereocenters. The van der Waals surface area contributed by atoms with Gasteiger partial charge in [-0.1, -0.05) is 35.9 Å². The molecule has 8 heteroatoms. The molecule has 2 heterocycles. The van der Waals surface area contributed by atoms with Crippen molar-refractivity contribution in [3.8, 4) is 6.07 Å². The van der Waals surface area contributed by atoms with E-state index in [4.69, 9.17) is 26.3 Å². The van der Waals surface area contributed by atoms with E-state index in [1.807, 2.05) is 18.2 Å². The van der Waals surface area contributed by atoms with Crippen LogP contribution in [0.2, 0.25) is 5.02 Å². The van der Waals surface area contributed by atoms with Gasteiger partial charge in [-0.3, -0.25) is 4.98 Å². The van der Waals surface area contributed by atoms with Crippen molar-refractivity contribution in [2.75, 3.05) is 13.2 Å². The highest BCUT2D eigenvalue weighted by Gasteiger charge is 2.38. The summed E-state index contributed by atoms with van der Waals surface area (Å²) in [4.78, 5) is 30.2. The fourth-order valence-electron chi connectivity index (χ4n) is 3.68. The van der Waals surface area contributed by atoms with Gasteiger partial charge < -0.3 is 14.8 Å². The van der Waals surface area contributed by atoms with Gasteiger partial charge in [0.25, 0.3) is 0 Å². The van der Waals surface area contributed by atoms with Crippen molar-refractivity contribution >= 4 is 29.6 Å². The van der Waals surface area contributed by atoms with Crippen LogP contribution in [0.15, 0.2) is 77.4 Å². The largest absolute Gasteiger partial charge is 0.461 e. The Bertz CT molecular complexity index is 1200. The number of rotatable bonds is 8. The molecule has 174 valence electrons. The first-order valence-electron chi connectivity index (χ1n) is 10.6. The number of nitrogens with one attached hydrogen (secondary N) is 1. The summed E-state index contributed by atoms with van der Waals surface area (Å²) in [5, 5.41) is 12.3. The Morgan fingerprint density at radius 3 is 2.53 bits per heavy atom. The van der Waals surface area contributed by atoms with Crippen molar-refractivity contribution < 1.29 is 19.1 Å². The van der Waals surface area contributed by atoms with Gasteiger partial charge >= 0.3 is 11.9 Å². The van der Waals surface area contributed by atoms with Crippen molar-refractivity contribution in [2.45, 2.75) is 26.2 Å². The van der Waals surface area contributed by atoms with E-state index >= 15 is 0 Å². The summed E-state index contributed by atoms with van der Waals surface area (Å²) in [5.41, 5.74) is 3.21. The zero-order valence-electron chi connectivity index (χ0n) is 18.9. The van der Waals surface area contributed by atoms with Crippen LogP contribution in [-0.4, -0.2) is 30.1 Å². The molecule has 0 spiro atoms. The number of pyridine rings is 1. The highest BCUT2D eigenvalue weighted by Crippen LogP contribution is 2.39. The summed E-state index contributed by atoms with van der Waals surface area (Å²) in [6.07, 6.45) is 6.96. The molecule has 2 aromatic rings. The molecule has 3 rings (SSSR count). The van der Waals surface area contributed by atoms with E-state index in [-0.39, 0.29) is 30.8 Å². The first kappa shape index (κ1) is 24.7. The van der Waals surface area contributed by atoms with Gasteiger partial charge in [0.2, 0.25) is 0 Å². The Labute approximate surface area is 203 Å². The van der Waals surface area contributed by atoms with Crippen LogP contribution in [0.3, 0.4) is 0 Å². The Morgan fingerprint density at radius 2 is 1.88 bits per heavy atom. The second-order valence-electron chi connectivity index (χ2n) is 7.52. The van der Waals surface area contributed by atoms with Crippen molar-refractivity contribution in [3.63, 3.8) is 0 Å². The van der Waals surface area contributed by atoms with Gasteiger partial charge in [-0.2, -0.15) is 5.26 Å².